The van der Waals surface area contributed by atoms with Gasteiger partial charge in [0.2, 0.25) is 5.95 Å². The van der Waals surface area contributed by atoms with Crippen molar-refractivity contribution in [2.45, 2.75) is 20.8 Å². The van der Waals surface area contributed by atoms with Crippen molar-refractivity contribution in [1.82, 2.24) is 9.97 Å². The summed E-state index contributed by atoms with van der Waals surface area (Å²) in [6.45, 7) is 6.84. The summed E-state index contributed by atoms with van der Waals surface area (Å²) >= 11 is 12.3. The first-order chi connectivity index (χ1) is 9.76. The summed E-state index contributed by atoms with van der Waals surface area (Å²) in [6.07, 6.45) is 1.58. The second-order valence-corrected chi connectivity index (χ2v) is 6.69. The van der Waals surface area contributed by atoms with Gasteiger partial charge in [-0.25, -0.2) is 9.97 Å². The molecule has 1 aromatic carbocycles. The zero-order chi connectivity index (χ0) is 15.6. The molecule has 21 heavy (non-hydrogen) atoms. The van der Waals surface area contributed by atoms with E-state index in [0.29, 0.717) is 28.1 Å². The molecule has 1 heterocycles. The lowest BCUT2D eigenvalue weighted by molar-refractivity contribution is 0.198. The Balaban J connectivity index is 2.34. The second-order valence-electron chi connectivity index (χ2n) is 5.93. The molecular formula is C15H17Cl2N3O. The molecule has 4 nitrogen and oxygen atoms in total. The van der Waals surface area contributed by atoms with Crippen molar-refractivity contribution in [2.75, 3.05) is 12.3 Å². The number of anilines is 1. The summed E-state index contributed by atoms with van der Waals surface area (Å²) in [7, 11) is 0. The van der Waals surface area contributed by atoms with E-state index >= 15 is 0 Å². The van der Waals surface area contributed by atoms with Crippen LogP contribution in [-0.4, -0.2) is 16.6 Å². The van der Waals surface area contributed by atoms with E-state index in [9.17, 15) is 0 Å². The highest BCUT2D eigenvalue weighted by atomic mass is 35.5. The van der Waals surface area contributed by atoms with Gasteiger partial charge in [-0.2, -0.15) is 0 Å². The Morgan fingerprint density at radius 2 is 1.95 bits per heavy atom. The molecule has 2 rings (SSSR count). The van der Waals surface area contributed by atoms with Crippen LogP contribution < -0.4 is 10.5 Å². The summed E-state index contributed by atoms with van der Waals surface area (Å²) in [5.74, 6) is 0.749. The van der Waals surface area contributed by atoms with Gasteiger partial charge in [0.25, 0.3) is 0 Å². The predicted octanol–water partition coefficient (Wildman–Crippen LogP) is 4.46. The third kappa shape index (κ3) is 4.22. The second kappa shape index (κ2) is 6.08. The van der Waals surface area contributed by atoms with Crippen molar-refractivity contribution < 1.29 is 4.74 Å². The Labute approximate surface area is 134 Å². The first kappa shape index (κ1) is 15.9. The third-order valence-corrected chi connectivity index (χ3v) is 3.26. The number of nitrogens with zero attached hydrogens (tertiary/aromatic N) is 2. The fourth-order valence-corrected chi connectivity index (χ4v) is 2.06. The molecule has 0 aliphatic heterocycles. The van der Waals surface area contributed by atoms with Crippen LogP contribution in [0.5, 0.6) is 5.75 Å². The van der Waals surface area contributed by atoms with E-state index in [-0.39, 0.29) is 11.4 Å². The van der Waals surface area contributed by atoms with Crippen molar-refractivity contribution in [3.63, 3.8) is 0 Å². The van der Waals surface area contributed by atoms with Gasteiger partial charge in [-0.1, -0.05) is 50.0 Å². The Bertz CT molecular complexity index is 654. The van der Waals surface area contributed by atoms with Crippen molar-refractivity contribution in [2.24, 2.45) is 5.41 Å². The molecule has 112 valence electrons. The van der Waals surface area contributed by atoms with Gasteiger partial charge in [0.15, 0.2) is 0 Å². The van der Waals surface area contributed by atoms with Crippen molar-refractivity contribution in [1.29, 1.82) is 0 Å². The Kier molecular flexibility index (Phi) is 4.59. The molecule has 0 saturated carbocycles. The van der Waals surface area contributed by atoms with Crippen LogP contribution in [0.25, 0.3) is 11.1 Å². The van der Waals surface area contributed by atoms with Crippen LogP contribution in [0.3, 0.4) is 0 Å². The quantitative estimate of drug-likeness (QED) is 0.846. The maximum absolute atomic E-state index is 6.17. The van der Waals surface area contributed by atoms with E-state index in [1.807, 2.05) is 12.1 Å². The number of hydrogen-bond acceptors (Lipinski definition) is 4. The summed E-state index contributed by atoms with van der Waals surface area (Å²) in [5.41, 5.74) is 7.06. The van der Waals surface area contributed by atoms with Crippen molar-refractivity contribution >= 4 is 29.2 Å². The molecule has 0 amide bonds. The average Bonchev–Trinajstić information content (AvgIpc) is 2.37. The van der Waals surface area contributed by atoms with Gasteiger partial charge < -0.3 is 10.5 Å². The van der Waals surface area contributed by atoms with Crippen LogP contribution in [0, 0.1) is 5.41 Å². The molecule has 0 saturated heterocycles. The third-order valence-electron chi connectivity index (χ3n) is 2.66. The zero-order valence-electron chi connectivity index (χ0n) is 12.2. The van der Waals surface area contributed by atoms with Crippen LogP contribution in [0.15, 0.2) is 24.4 Å². The fraction of sp³-hybridized carbons (Fsp3) is 0.333. The largest absolute Gasteiger partial charge is 0.491 e. The van der Waals surface area contributed by atoms with E-state index in [2.05, 4.69) is 30.7 Å². The fourth-order valence-electron chi connectivity index (χ4n) is 1.64. The Morgan fingerprint density at radius 1 is 1.24 bits per heavy atom. The molecule has 0 aliphatic carbocycles. The van der Waals surface area contributed by atoms with Crippen LogP contribution in [0.4, 0.5) is 5.95 Å². The van der Waals surface area contributed by atoms with Gasteiger partial charge in [-0.05, 0) is 23.1 Å². The summed E-state index contributed by atoms with van der Waals surface area (Å²) < 4.78 is 5.79. The van der Waals surface area contributed by atoms with Gasteiger partial charge in [0.1, 0.15) is 10.9 Å². The lowest BCUT2D eigenvalue weighted by Crippen LogP contribution is -2.17. The number of aromatic nitrogens is 2. The summed E-state index contributed by atoms with van der Waals surface area (Å²) in [4.78, 5) is 7.91. The predicted molar refractivity (Wildman–Crippen MR) is 86.9 cm³/mol. The number of ether oxygens (including phenoxy) is 1. The summed E-state index contributed by atoms with van der Waals surface area (Å²) in [6, 6.07) is 5.43. The van der Waals surface area contributed by atoms with Gasteiger partial charge in [-0.15, -0.1) is 0 Å². The van der Waals surface area contributed by atoms with E-state index < -0.39 is 0 Å². The lowest BCUT2D eigenvalue weighted by Gasteiger charge is -2.19. The smallest absolute Gasteiger partial charge is 0.221 e. The SMILES string of the molecule is CC(C)(C)COc1cc(-c2cnc(N)nc2Cl)ccc1Cl. The minimum atomic E-state index is 0.0429. The molecular weight excluding hydrogens is 309 g/mol. The maximum atomic E-state index is 6.17. The molecule has 0 unspecified atom stereocenters. The molecule has 2 N–H and O–H groups in total. The minimum Gasteiger partial charge on any atom is -0.491 e. The van der Waals surface area contributed by atoms with Crippen LogP contribution in [-0.2, 0) is 0 Å². The average molecular weight is 326 g/mol. The van der Waals surface area contributed by atoms with E-state index in [4.69, 9.17) is 33.7 Å². The maximum Gasteiger partial charge on any atom is 0.221 e. The van der Waals surface area contributed by atoms with Gasteiger partial charge >= 0.3 is 0 Å². The lowest BCUT2D eigenvalue weighted by atomic mass is 9.99. The van der Waals surface area contributed by atoms with E-state index in [1.54, 1.807) is 12.3 Å². The first-order valence-electron chi connectivity index (χ1n) is 6.47. The number of benzene rings is 1. The minimum absolute atomic E-state index is 0.0429. The molecule has 0 fully saturated rings. The first-order valence-corrected chi connectivity index (χ1v) is 7.22. The molecule has 0 atom stereocenters. The molecule has 0 bridgehead atoms. The molecule has 0 aliphatic rings. The number of nitrogen functional groups attached to an aromatic ring is 1. The molecule has 0 radical (unpaired) electrons. The normalized spacial score (nSPS) is 11.5. The van der Waals surface area contributed by atoms with E-state index in [1.165, 1.54) is 0 Å². The molecule has 2 aromatic rings. The Morgan fingerprint density at radius 3 is 2.57 bits per heavy atom. The van der Waals surface area contributed by atoms with Crippen LogP contribution in [0.2, 0.25) is 10.2 Å². The molecule has 0 spiro atoms. The topological polar surface area (TPSA) is 61.0 Å². The van der Waals surface area contributed by atoms with Crippen LogP contribution in [0.1, 0.15) is 20.8 Å². The van der Waals surface area contributed by atoms with Gasteiger partial charge in [0.05, 0.1) is 11.6 Å². The van der Waals surface area contributed by atoms with Crippen LogP contribution >= 0.6 is 23.2 Å². The highest BCUT2D eigenvalue weighted by Crippen LogP contribution is 2.33. The highest BCUT2D eigenvalue weighted by molar-refractivity contribution is 6.33. The monoisotopic (exact) mass is 325 g/mol. The number of rotatable bonds is 3. The van der Waals surface area contributed by atoms with Gasteiger partial charge in [-0.3, -0.25) is 0 Å². The zero-order valence-corrected chi connectivity index (χ0v) is 13.7. The standard InChI is InChI=1S/C15H17Cl2N3O/c1-15(2,3)8-21-12-6-9(4-5-11(12)16)10-7-19-14(18)20-13(10)17/h4-7H,8H2,1-3H3,(H2,18,19,20). The summed E-state index contributed by atoms with van der Waals surface area (Å²) in [5, 5.41) is 0.849. The number of halogens is 2. The number of nitrogens with two attached hydrogens (primary N) is 1. The Hall–Kier alpha value is -1.52. The van der Waals surface area contributed by atoms with Crippen molar-refractivity contribution in [3.05, 3.63) is 34.6 Å². The number of hydrogen-bond donors (Lipinski definition) is 1. The van der Waals surface area contributed by atoms with Crippen molar-refractivity contribution in [3.8, 4) is 16.9 Å². The van der Waals surface area contributed by atoms with Gasteiger partial charge in [0, 0.05) is 11.8 Å². The highest BCUT2D eigenvalue weighted by Gasteiger charge is 2.14. The molecule has 1 aromatic heterocycles. The molecule has 6 heteroatoms. The van der Waals surface area contributed by atoms with E-state index in [0.717, 1.165) is 5.56 Å².